The SMILES string of the molecule is Cc1ccccc1-c1c2cc3c4ccccc4c4cccc(c2c(-c2ccccc2C)c2c5cc6ccccc6c6c(-c7ccc8ccccc8c7C)ccc(c12)c56)c43. The Labute approximate surface area is 342 Å². The van der Waals surface area contributed by atoms with E-state index in [-0.39, 0.29) is 0 Å². The van der Waals surface area contributed by atoms with E-state index in [1.165, 1.54) is 147 Å². The lowest BCUT2D eigenvalue weighted by atomic mass is 9.82. The van der Waals surface area contributed by atoms with Crippen LogP contribution in [0.4, 0.5) is 0 Å². The Balaban J connectivity index is 1.36. The first-order valence-corrected chi connectivity index (χ1v) is 20.9. The molecule has 13 rings (SSSR count). The van der Waals surface area contributed by atoms with Crippen molar-refractivity contribution in [2.75, 3.05) is 0 Å². The predicted octanol–water partition coefficient (Wildman–Crippen LogP) is 16.9. The summed E-state index contributed by atoms with van der Waals surface area (Å²) in [6.45, 7) is 6.88. The molecule has 0 bridgehead atoms. The Bertz CT molecular complexity index is 3920. The van der Waals surface area contributed by atoms with Crippen LogP contribution in [0.1, 0.15) is 16.7 Å². The van der Waals surface area contributed by atoms with Gasteiger partial charge >= 0.3 is 0 Å². The maximum absolute atomic E-state index is 2.56. The molecule has 0 spiro atoms. The van der Waals surface area contributed by atoms with Crippen molar-refractivity contribution >= 4 is 97.0 Å². The second-order valence-corrected chi connectivity index (χ2v) is 16.8. The van der Waals surface area contributed by atoms with E-state index in [0.717, 1.165) is 0 Å². The average molecular weight is 747 g/mol. The van der Waals surface area contributed by atoms with Crippen LogP contribution in [0.5, 0.6) is 0 Å². The standard InChI is InChI=1S/C59H38/c1-33-15-4-8-19-38(33)53-51-32-49-44-24-13-12-23-43(44)45-25-14-26-47(52(45)49)56(51)57(39-20-9-5-16-34(39)2)59-50-31-37-18-7-11-22-42(37)54-46(29-30-48(55(50)54)58(53)59)41-28-27-36-17-6-10-21-40(36)35(41)3/h4-32H,1-3H3. The molecule has 0 aromatic heterocycles. The van der Waals surface area contributed by atoms with E-state index in [9.17, 15) is 0 Å². The minimum absolute atomic E-state index is 1.27. The van der Waals surface area contributed by atoms with Crippen LogP contribution in [-0.2, 0) is 0 Å². The zero-order valence-electron chi connectivity index (χ0n) is 33.2. The normalized spacial score (nSPS) is 12.3. The van der Waals surface area contributed by atoms with E-state index in [1.54, 1.807) is 0 Å². The molecule has 0 saturated carbocycles. The van der Waals surface area contributed by atoms with E-state index in [1.807, 2.05) is 0 Å². The van der Waals surface area contributed by atoms with Crippen LogP contribution < -0.4 is 0 Å². The fraction of sp³-hybridized carbons (Fsp3) is 0.0508. The first kappa shape index (κ1) is 32.8. The molecule has 0 N–H and O–H groups in total. The molecule has 0 unspecified atom stereocenters. The van der Waals surface area contributed by atoms with Gasteiger partial charge in [0.15, 0.2) is 0 Å². The molecule has 0 heterocycles. The minimum Gasteiger partial charge on any atom is -0.0620 e. The van der Waals surface area contributed by atoms with Gasteiger partial charge in [0.05, 0.1) is 0 Å². The van der Waals surface area contributed by atoms with Crippen molar-refractivity contribution in [1.29, 1.82) is 0 Å². The van der Waals surface area contributed by atoms with E-state index < -0.39 is 0 Å². The molecular weight excluding hydrogens is 709 g/mol. The summed E-state index contributed by atoms with van der Waals surface area (Å²) in [5.74, 6) is 0. The van der Waals surface area contributed by atoms with Crippen molar-refractivity contribution in [1.82, 2.24) is 0 Å². The molecule has 0 aliphatic carbocycles. The molecular formula is C59H38. The highest BCUT2D eigenvalue weighted by Crippen LogP contribution is 2.57. The molecule has 0 amide bonds. The van der Waals surface area contributed by atoms with E-state index >= 15 is 0 Å². The van der Waals surface area contributed by atoms with Crippen LogP contribution in [0, 0.1) is 20.8 Å². The van der Waals surface area contributed by atoms with Gasteiger partial charge in [-0.3, -0.25) is 0 Å². The molecule has 0 atom stereocenters. The number of hydrogen-bond acceptors (Lipinski definition) is 0. The van der Waals surface area contributed by atoms with Crippen LogP contribution in [0.3, 0.4) is 0 Å². The lowest BCUT2D eigenvalue weighted by Crippen LogP contribution is -1.93. The predicted molar refractivity (Wildman–Crippen MR) is 257 cm³/mol. The first-order valence-electron chi connectivity index (χ1n) is 20.9. The molecule has 13 aromatic carbocycles. The van der Waals surface area contributed by atoms with Crippen LogP contribution >= 0.6 is 0 Å². The van der Waals surface area contributed by atoms with Crippen molar-refractivity contribution in [2.24, 2.45) is 0 Å². The summed E-state index contributed by atoms with van der Waals surface area (Å²) in [4.78, 5) is 0. The van der Waals surface area contributed by atoms with Gasteiger partial charge in [-0.05, 0) is 180 Å². The zero-order chi connectivity index (χ0) is 39.1. The van der Waals surface area contributed by atoms with Crippen molar-refractivity contribution < 1.29 is 0 Å². The summed E-state index contributed by atoms with van der Waals surface area (Å²) in [5, 5.41) is 23.8. The summed E-state index contributed by atoms with van der Waals surface area (Å²) in [7, 11) is 0. The molecule has 0 aliphatic rings. The molecule has 0 heteroatoms. The third kappa shape index (κ3) is 4.28. The monoisotopic (exact) mass is 746 g/mol. The molecule has 0 saturated heterocycles. The largest absolute Gasteiger partial charge is 0.0620 e. The third-order valence-corrected chi connectivity index (χ3v) is 13.8. The van der Waals surface area contributed by atoms with Gasteiger partial charge in [0.25, 0.3) is 0 Å². The van der Waals surface area contributed by atoms with Gasteiger partial charge in [-0.15, -0.1) is 0 Å². The van der Waals surface area contributed by atoms with Crippen molar-refractivity contribution in [3.05, 3.63) is 193 Å². The van der Waals surface area contributed by atoms with Gasteiger partial charge < -0.3 is 0 Å². The Morgan fingerprint density at radius 2 is 0.797 bits per heavy atom. The minimum atomic E-state index is 1.27. The van der Waals surface area contributed by atoms with Gasteiger partial charge in [-0.1, -0.05) is 164 Å². The smallest absolute Gasteiger partial charge is 0.000686 e. The quantitative estimate of drug-likeness (QED) is 0.158. The van der Waals surface area contributed by atoms with Crippen LogP contribution in [0.25, 0.3) is 130 Å². The van der Waals surface area contributed by atoms with Gasteiger partial charge in [0.1, 0.15) is 0 Å². The summed E-state index contributed by atoms with van der Waals surface area (Å²) in [6.07, 6.45) is 0. The highest BCUT2D eigenvalue weighted by molar-refractivity contribution is 6.47. The molecule has 0 nitrogen and oxygen atoms in total. The van der Waals surface area contributed by atoms with E-state index in [2.05, 4.69) is 197 Å². The highest BCUT2D eigenvalue weighted by atomic mass is 14.3. The molecule has 274 valence electrons. The Kier molecular flexibility index (Phi) is 6.60. The van der Waals surface area contributed by atoms with Gasteiger partial charge in [0.2, 0.25) is 0 Å². The van der Waals surface area contributed by atoms with Gasteiger partial charge in [0, 0.05) is 0 Å². The van der Waals surface area contributed by atoms with Crippen molar-refractivity contribution in [2.45, 2.75) is 20.8 Å². The van der Waals surface area contributed by atoms with E-state index in [4.69, 9.17) is 0 Å². The summed E-state index contributed by atoms with van der Waals surface area (Å²) in [5.41, 5.74) is 11.7. The Morgan fingerprint density at radius 1 is 0.237 bits per heavy atom. The fourth-order valence-electron chi connectivity index (χ4n) is 11.2. The second-order valence-electron chi connectivity index (χ2n) is 16.8. The average Bonchev–Trinajstić information content (AvgIpc) is 3.77. The summed E-state index contributed by atoms with van der Waals surface area (Å²) in [6, 6.07) is 66.6. The number of hydrogen-bond donors (Lipinski definition) is 0. The van der Waals surface area contributed by atoms with Crippen molar-refractivity contribution in [3.8, 4) is 33.4 Å². The van der Waals surface area contributed by atoms with Gasteiger partial charge in [-0.2, -0.15) is 0 Å². The van der Waals surface area contributed by atoms with E-state index in [0.29, 0.717) is 0 Å². The molecule has 13 aromatic rings. The third-order valence-electron chi connectivity index (χ3n) is 13.8. The topological polar surface area (TPSA) is 0 Å². The number of benzene rings is 11. The molecule has 0 radical (unpaired) electrons. The number of rotatable bonds is 3. The lowest BCUT2D eigenvalue weighted by Gasteiger charge is -2.20. The van der Waals surface area contributed by atoms with Crippen LogP contribution in [0.15, 0.2) is 176 Å². The first-order chi connectivity index (χ1) is 29.1. The number of aryl methyl sites for hydroxylation is 3. The molecule has 0 aliphatic heterocycles. The van der Waals surface area contributed by atoms with Crippen LogP contribution in [-0.4, -0.2) is 0 Å². The second kappa shape index (κ2) is 11.9. The maximum atomic E-state index is 2.56. The Hall–Kier alpha value is -7.28. The fourth-order valence-corrected chi connectivity index (χ4v) is 11.2. The zero-order valence-corrected chi connectivity index (χ0v) is 33.2. The summed E-state index contributed by atoms with van der Waals surface area (Å²) < 4.78 is 0. The Morgan fingerprint density at radius 3 is 1.56 bits per heavy atom. The molecule has 59 heavy (non-hydrogen) atoms. The lowest BCUT2D eigenvalue weighted by molar-refractivity contribution is 1.47. The highest BCUT2D eigenvalue weighted by Gasteiger charge is 2.28. The maximum Gasteiger partial charge on any atom is -0.000686 e. The van der Waals surface area contributed by atoms with Crippen molar-refractivity contribution in [3.63, 3.8) is 0 Å². The van der Waals surface area contributed by atoms with Crippen LogP contribution in [0.2, 0.25) is 0 Å². The molecule has 0 fully saturated rings. The number of fused-ring (bicyclic) bond motifs is 11. The van der Waals surface area contributed by atoms with Gasteiger partial charge in [-0.25, -0.2) is 0 Å². The summed E-state index contributed by atoms with van der Waals surface area (Å²) >= 11 is 0.